The Hall–Kier alpha value is -2.36. The molecule has 1 N–H and O–H groups in total. The van der Waals surface area contributed by atoms with Gasteiger partial charge in [0.15, 0.2) is 5.75 Å². The van der Waals surface area contributed by atoms with E-state index in [1.807, 2.05) is 0 Å². The van der Waals surface area contributed by atoms with Gasteiger partial charge in [-0.15, -0.1) is 0 Å². The van der Waals surface area contributed by atoms with Crippen LogP contribution in [0.25, 0.3) is 0 Å². The Balaban J connectivity index is 3.28. The van der Waals surface area contributed by atoms with E-state index in [0.717, 1.165) is 19.2 Å². The molecule has 0 fully saturated rings. The number of phenolic OH excluding ortho intramolecular Hbond substituents is 1. The molecule has 0 aliphatic carbocycles. The van der Waals surface area contributed by atoms with Crippen LogP contribution in [-0.2, 0) is 4.74 Å². The molecule has 0 amide bonds. The van der Waals surface area contributed by atoms with Crippen LogP contribution in [-0.4, -0.2) is 24.8 Å². The fourth-order valence-corrected chi connectivity index (χ4v) is 1.15. The van der Waals surface area contributed by atoms with Crippen molar-refractivity contribution in [1.29, 1.82) is 5.26 Å². The Bertz CT molecular complexity index is 482. The Morgan fingerprint density at radius 3 is 2.65 bits per heavy atom. The molecule has 0 atom stereocenters. The van der Waals surface area contributed by atoms with Crippen LogP contribution in [0, 0.1) is 11.3 Å². The van der Waals surface area contributed by atoms with Crippen molar-refractivity contribution in [2.24, 2.45) is 0 Å². The minimum atomic E-state index is -3.13. The van der Waals surface area contributed by atoms with Crippen LogP contribution >= 0.6 is 0 Å². The fourth-order valence-electron chi connectivity index (χ4n) is 1.15. The highest BCUT2D eigenvalue weighted by molar-refractivity contribution is 5.93. The lowest BCUT2D eigenvalue weighted by Gasteiger charge is -2.09. The predicted octanol–water partition coefficient (Wildman–Crippen LogP) is 1.65. The summed E-state index contributed by atoms with van der Waals surface area (Å²) in [6.07, 6.45) is 0. The maximum Gasteiger partial charge on any atom is 0.387 e. The molecule has 1 aromatic rings. The Morgan fingerprint density at radius 2 is 2.18 bits per heavy atom. The van der Waals surface area contributed by atoms with Crippen molar-refractivity contribution in [3.05, 3.63) is 23.3 Å². The molecule has 17 heavy (non-hydrogen) atoms. The minimum absolute atomic E-state index is 0.300. The average molecular weight is 243 g/mol. The Morgan fingerprint density at radius 1 is 1.53 bits per heavy atom. The number of benzene rings is 1. The monoisotopic (exact) mass is 243 g/mol. The Kier molecular flexibility index (Phi) is 3.82. The summed E-state index contributed by atoms with van der Waals surface area (Å²) >= 11 is 0. The first kappa shape index (κ1) is 12.7. The first-order valence-corrected chi connectivity index (χ1v) is 4.30. The average Bonchev–Trinajstić information content (AvgIpc) is 2.28. The molecule has 0 aliphatic rings. The second kappa shape index (κ2) is 5.12. The van der Waals surface area contributed by atoms with Crippen molar-refractivity contribution >= 4 is 5.97 Å². The number of aromatic hydroxyl groups is 1. The number of nitriles is 1. The molecule has 0 aliphatic heterocycles. The molecule has 1 rings (SSSR count). The van der Waals surface area contributed by atoms with E-state index in [-0.39, 0.29) is 5.56 Å². The summed E-state index contributed by atoms with van der Waals surface area (Å²) in [5.41, 5.74) is -0.848. The number of carbonyl (C=O) groups is 1. The van der Waals surface area contributed by atoms with E-state index in [1.165, 1.54) is 6.07 Å². The van der Waals surface area contributed by atoms with Gasteiger partial charge in [0.05, 0.1) is 7.11 Å². The van der Waals surface area contributed by atoms with Gasteiger partial charge in [-0.25, -0.2) is 4.79 Å². The molecular weight excluding hydrogens is 236 g/mol. The molecule has 0 bridgehead atoms. The smallest absolute Gasteiger partial charge is 0.387 e. The van der Waals surface area contributed by atoms with Gasteiger partial charge in [-0.3, -0.25) is 0 Å². The van der Waals surface area contributed by atoms with Crippen molar-refractivity contribution in [2.45, 2.75) is 6.61 Å². The van der Waals surface area contributed by atoms with Crippen LogP contribution in [0.3, 0.4) is 0 Å². The number of esters is 1. The lowest BCUT2D eigenvalue weighted by atomic mass is 10.1. The number of rotatable bonds is 3. The maximum atomic E-state index is 12.0. The third-order valence-electron chi connectivity index (χ3n) is 1.87. The third-order valence-corrected chi connectivity index (χ3v) is 1.87. The molecule has 0 radical (unpaired) electrons. The second-order valence-corrected chi connectivity index (χ2v) is 2.82. The Labute approximate surface area is 94.8 Å². The van der Waals surface area contributed by atoms with Crippen LogP contribution < -0.4 is 4.74 Å². The second-order valence-electron chi connectivity index (χ2n) is 2.82. The quantitative estimate of drug-likeness (QED) is 0.816. The van der Waals surface area contributed by atoms with Gasteiger partial charge in [0, 0.05) is 0 Å². The minimum Gasteiger partial charge on any atom is -0.506 e. The zero-order valence-corrected chi connectivity index (χ0v) is 8.61. The number of nitrogens with zero attached hydrogens (tertiary/aromatic N) is 1. The predicted molar refractivity (Wildman–Crippen MR) is 50.8 cm³/mol. The number of halogens is 2. The molecular formula is C10H7F2NO4. The molecule has 1 aromatic carbocycles. The first-order chi connectivity index (χ1) is 8.01. The molecule has 5 nitrogen and oxygen atoms in total. The van der Waals surface area contributed by atoms with E-state index >= 15 is 0 Å². The lowest BCUT2D eigenvalue weighted by Crippen LogP contribution is -2.06. The van der Waals surface area contributed by atoms with Gasteiger partial charge in [-0.05, 0) is 12.1 Å². The summed E-state index contributed by atoms with van der Waals surface area (Å²) in [5.74, 6) is -2.15. The van der Waals surface area contributed by atoms with E-state index in [2.05, 4.69) is 9.47 Å². The summed E-state index contributed by atoms with van der Waals surface area (Å²) in [6, 6.07) is 3.48. The van der Waals surface area contributed by atoms with E-state index in [0.29, 0.717) is 0 Å². The lowest BCUT2D eigenvalue weighted by molar-refractivity contribution is -0.0501. The van der Waals surface area contributed by atoms with E-state index in [9.17, 15) is 18.7 Å². The van der Waals surface area contributed by atoms with Crippen LogP contribution in [0.2, 0.25) is 0 Å². The topological polar surface area (TPSA) is 79.5 Å². The molecule has 90 valence electrons. The molecule has 7 heteroatoms. The number of methoxy groups -OCH3 is 1. The number of alkyl halides is 2. The van der Waals surface area contributed by atoms with Crippen molar-refractivity contribution in [1.82, 2.24) is 0 Å². The number of ether oxygens (including phenoxy) is 2. The standard InChI is InChI=1S/C10H7F2NO4/c1-16-9(15)5-2-3-7(17-10(11)12)6(4-13)8(5)14/h2-3,10,14H,1H3. The summed E-state index contributed by atoms with van der Waals surface area (Å²) in [7, 11) is 1.08. The van der Waals surface area contributed by atoms with Gasteiger partial charge in [0.25, 0.3) is 0 Å². The van der Waals surface area contributed by atoms with Gasteiger partial charge in [-0.1, -0.05) is 0 Å². The van der Waals surface area contributed by atoms with Gasteiger partial charge in [0.1, 0.15) is 22.9 Å². The number of carbonyl (C=O) groups excluding carboxylic acids is 1. The zero-order valence-electron chi connectivity index (χ0n) is 8.61. The molecule has 0 heterocycles. The van der Waals surface area contributed by atoms with E-state index in [1.54, 1.807) is 0 Å². The highest BCUT2D eigenvalue weighted by Crippen LogP contribution is 2.31. The molecule has 0 unspecified atom stereocenters. The van der Waals surface area contributed by atoms with Crippen molar-refractivity contribution in [3.8, 4) is 17.6 Å². The van der Waals surface area contributed by atoms with E-state index in [4.69, 9.17) is 5.26 Å². The van der Waals surface area contributed by atoms with Crippen LogP contribution in [0.4, 0.5) is 8.78 Å². The van der Waals surface area contributed by atoms with Crippen LogP contribution in [0.5, 0.6) is 11.5 Å². The molecule has 0 spiro atoms. The van der Waals surface area contributed by atoms with Crippen molar-refractivity contribution in [2.75, 3.05) is 7.11 Å². The van der Waals surface area contributed by atoms with Gasteiger partial charge in [-0.2, -0.15) is 14.0 Å². The van der Waals surface area contributed by atoms with Gasteiger partial charge < -0.3 is 14.6 Å². The molecule has 0 aromatic heterocycles. The summed E-state index contributed by atoms with van der Waals surface area (Å²) in [5, 5.41) is 18.2. The SMILES string of the molecule is COC(=O)c1ccc(OC(F)F)c(C#N)c1O. The summed E-state index contributed by atoms with van der Waals surface area (Å²) in [6.45, 7) is -3.13. The molecule has 0 saturated heterocycles. The number of hydrogen-bond donors (Lipinski definition) is 1. The normalized spacial score (nSPS) is 9.82. The third kappa shape index (κ3) is 2.60. The van der Waals surface area contributed by atoms with Crippen LogP contribution in [0.1, 0.15) is 15.9 Å². The largest absolute Gasteiger partial charge is 0.506 e. The highest BCUT2D eigenvalue weighted by atomic mass is 19.3. The van der Waals surface area contributed by atoms with Gasteiger partial charge in [0.2, 0.25) is 0 Å². The number of phenols is 1. The number of hydrogen-bond acceptors (Lipinski definition) is 5. The van der Waals surface area contributed by atoms with Gasteiger partial charge >= 0.3 is 12.6 Å². The first-order valence-electron chi connectivity index (χ1n) is 4.30. The fraction of sp³-hybridized carbons (Fsp3) is 0.200. The maximum absolute atomic E-state index is 12.0. The van der Waals surface area contributed by atoms with E-state index < -0.39 is 29.6 Å². The zero-order chi connectivity index (χ0) is 13.0. The van der Waals surface area contributed by atoms with Crippen molar-refractivity contribution < 1.29 is 28.2 Å². The summed E-state index contributed by atoms with van der Waals surface area (Å²) in [4.78, 5) is 11.2. The van der Waals surface area contributed by atoms with Crippen LogP contribution in [0.15, 0.2) is 12.1 Å². The highest BCUT2D eigenvalue weighted by Gasteiger charge is 2.20. The molecule has 0 saturated carbocycles. The summed E-state index contributed by atoms with van der Waals surface area (Å²) < 4.78 is 32.3. The van der Waals surface area contributed by atoms with Crippen molar-refractivity contribution in [3.63, 3.8) is 0 Å².